The van der Waals surface area contributed by atoms with Crippen LogP contribution in [0.25, 0.3) is 33.4 Å². The lowest BCUT2D eigenvalue weighted by molar-refractivity contribution is -0.130. The number of Topliss-reactive ketones (excluding diaryl/α,β-unsaturated/α-hetero) is 2. The van der Waals surface area contributed by atoms with E-state index < -0.39 is 0 Å². The summed E-state index contributed by atoms with van der Waals surface area (Å²) in [6.45, 7) is 11.7. The normalized spacial score (nSPS) is 10.6. The van der Waals surface area contributed by atoms with Crippen LogP contribution in [0.4, 0.5) is 0 Å². The Morgan fingerprint density at radius 3 is 1.46 bits per heavy atom. The Balaban J connectivity index is 0.000000800. The van der Waals surface area contributed by atoms with E-state index in [9.17, 15) is 19.8 Å². The third kappa shape index (κ3) is 15.7. The molecular weight excluding hydrogens is 809 g/mol. The Hall–Kier alpha value is -5.94. The van der Waals surface area contributed by atoms with Gasteiger partial charge in [0.05, 0.1) is 13.2 Å². The molecule has 0 saturated carbocycles. The third-order valence-electron chi connectivity index (χ3n) is 8.98. The first kappa shape index (κ1) is 53.2. The van der Waals surface area contributed by atoms with Crippen molar-refractivity contribution in [3.8, 4) is 34.4 Å². The monoisotopic (exact) mass is 874 g/mol. The first-order valence-electron chi connectivity index (χ1n) is 19.9. The number of aryl methyl sites for hydroxylation is 4. The van der Waals surface area contributed by atoms with Gasteiger partial charge in [-0.2, -0.15) is 0 Å². The molecule has 16 heteroatoms. The van der Waals surface area contributed by atoms with E-state index in [1.807, 2.05) is 63.2 Å². The van der Waals surface area contributed by atoms with Crippen LogP contribution < -0.4 is 9.47 Å². The summed E-state index contributed by atoms with van der Waals surface area (Å²) < 4.78 is 32.6. The molecule has 0 unspecified atom stereocenters. The Kier molecular flexibility index (Phi) is 22.4. The predicted molar refractivity (Wildman–Crippen MR) is 244 cm³/mol. The zero-order valence-electron chi connectivity index (χ0n) is 35.1. The van der Waals surface area contributed by atoms with Crippen molar-refractivity contribution in [1.29, 1.82) is 0 Å². The minimum Gasteiger partial charge on any atom is -0.505 e. The van der Waals surface area contributed by atoms with Crippen LogP contribution in [0.3, 0.4) is 0 Å². The first-order valence-corrected chi connectivity index (χ1v) is 19.9. The molecule has 6 aromatic rings. The first-order chi connectivity index (χ1) is 28.9. The van der Waals surface area contributed by atoms with Crippen molar-refractivity contribution in [2.24, 2.45) is 0 Å². The van der Waals surface area contributed by atoms with Gasteiger partial charge in [-0.05, 0) is 106 Å². The van der Waals surface area contributed by atoms with Crippen molar-refractivity contribution in [2.75, 3.05) is 46.8 Å². The van der Waals surface area contributed by atoms with E-state index >= 15 is 0 Å². The van der Waals surface area contributed by atoms with Crippen molar-refractivity contribution < 1.29 is 48.2 Å². The van der Waals surface area contributed by atoms with Gasteiger partial charge in [0.1, 0.15) is 69.7 Å². The van der Waals surface area contributed by atoms with E-state index in [2.05, 4.69) is 27.3 Å². The number of carbonyl (C=O) groups excluding carboxylic acids is 2. The third-order valence-corrected chi connectivity index (χ3v) is 8.98. The lowest BCUT2D eigenvalue weighted by Crippen LogP contribution is -2.12. The average molecular weight is 875 g/mol. The Bertz CT molecular complexity index is 2340. The fourth-order valence-electron chi connectivity index (χ4n) is 5.96. The van der Waals surface area contributed by atoms with Crippen molar-refractivity contribution in [3.05, 3.63) is 82.9 Å². The summed E-state index contributed by atoms with van der Waals surface area (Å²) in [7, 11) is 0. The highest BCUT2D eigenvalue weighted by atomic mass is 16.8. The summed E-state index contributed by atoms with van der Waals surface area (Å²) in [5, 5.41) is 40.2. The highest BCUT2D eigenvalue weighted by Crippen LogP contribution is 2.34. The lowest BCUT2D eigenvalue weighted by atomic mass is 10.0. The molecule has 0 fully saturated rings. The topological polar surface area (TPSA) is 191 Å². The number of rotatable bonds is 22. The second-order valence-corrected chi connectivity index (χ2v) is 14.2. The van der Waals surface area contributed by atoms with Gasteiger partial charge in [0.2, 0.25) is 0 Å². The number of ketones is 2. The molecule has 6 rings (SSSR count). The number of phenolic OH excluding ortho intramolecular Hbond substituents is 2. The molecule has 4 aromatic carbocycles. The number of ether oxygens (including phenoxy) is 6. The van der Waals surface area contributed by atoms with Gasteiger partial charge in [-0.1, -0.05) is 61.1 Å². The van der Waals surface area contributed by atoms with Gasteiger partial charge < -0.3 is 38.6 Å². The smallest absolute Gasteiger partial charge is 0.191 e. The van der Waals surface area contributed by atoms with E-state index in [0.29, 0.717) is 54.5 Å². The van der Waals surface area contributed by atoms with Gasteiger partial charge >= 0.3 is 0 Å². The largest absolute Gasteiger partial charge is 0.505 e. The molecule has 0 saturated heterocycles. The molecule has 2 aromatic heterocycles. The Morgan fingerprint density at radius 2 is 1.02 bits per heavy atom. The van der Waals surface area contributed by atoms with Gasteiger partial charge in [0.15, 0.2) is 31.9 Å². The molecule has 0 spiro atoms. The number of carbonyl (C=O) groups is 2. The van der Waals surface area contributed by atoms with Crippen LogP contribution in [-0.4, -0.2) is 98.6 Å². The van der Waals surface area contributed by atoms with Crippen molar-refractivity contribution in [2.45, 2.75) is 95.9 Å². The highest BCUT2D eigenvalue weighted by Gasteiger charge is 2.17. The van der Waals surface area contributed by atoms with Crippen LogP contribution in [0.5, 0.6) is 23.0 Å². The molecule has 0 aliphatic rings. The van der Waals surface area contributed by atoms with Crippen LogP contribution >= 0.6 is 0 Å². The second kappa shape index (κ2) is 26.5. The van der Waals surface area contributed by atoms with E-state index in [4.69, 9.17) is 28.4 Å². The summed E-state index contributed by atoms with van der Waals surface area (Å²) in [4.78, 5) is 23.6. The summed E-state index contributed by atoms with van der Waals surface area (Å²) in [6, 6.07) is 18.6. The summed E-state index contributed by atoms with van der Waals surface area (Å²) in [5.41, 5.74) is 7.39. The van der Waals surface area contributed by atoms with Crippen molar-refractivity contribution in [3.63, 3.8) is 0 Å². The molecule has 0 amide bonds. The molecule has 0 bridgehead atoms. The van der Waals surface area contributed by atoms with Crippen LogP contribution in [0, 0.1) is 13.8 Å². The number of phenols is 2. The molecule has 63 heavy (non-hydrogen) atoms. The van der Waals surface area contributed by atoms with E-state index in [1.54, 1.807) is 18.2 Å². The zero-order chi connectivity index (χ0) is 43.0. The number of benzene rings is 4. The molecule has 0 atom stereocenters. The van der Waals surface area contributed by atoms with Gasteiger partial charge in [-0.15, -0.1) is 30.0 Å². The number of unbranched alkanes of at least 4 members (excludes halogenated alkanes) is 2. The Labute approximate surface area is 371 Å². The van der Waals surface area contributed by atoms with Crippen LogP contribution in [0.1, 0.15) is 91.5 Å². The number of fused-ring (bicyclic) bond motifs is 2. The summed E-state index contributed by atoms with van der Waals surface area (Å²) >= 11 is 0. The number of aromatic nitrogens is 6. The maximum absolute atomic E-state index is 11.1. The molecule has 2 N–H and O–H groups in total. The van der Waals surface area contributed by atoms with Crippen molar-refractivity contribution in [1.82, 2.24) is 30.0 Å². The predicted octanol–water partition coefficient (Wildman–Crippen LogP) is 8.95. The molecule has 0 aliphatic carbocycles. The number of hydrogen-bond donors (Lipinski definition) is 2. The Morgan fingerprint density at radius 1 is 0.571 bits per heavy atom. The van der Waals surface area contributed by atoms with Crippen LogP contribution in [0.2, 0.25) is 0 Å². The van der Waals surface area contributed by atoms with Gasteiger partial charge in [0, 0.05) is 12.1 Å². The average Bonchev–Trinajstić information content (AvgIpc) is 3.84. The maximum atomic E-state index is 11.1. The SMILES string of the molecule is C.C.C.CC(=O)COCCOCC(C)=O.CCCCCc1cc(OCOCOCOc2cc(CC)c(O)c(-n3nc4ccc(C)cc4n3)c2)cc(-n2nc3ccc(C)cc3n2)c1O. The van der Waals surface area contributed by atoms with Crippen molar-refractivity contribution >= 4 is 33.6 Å². The minimum absolute atomic E-state index is 0. The molecule has 2 heterocycles. The van der Waals surface area contributed by atoms with Gasteiger partial charge in [0.25, 0.3) is 0 Å². The minimum atomic E-state index is -0.0932. The van der Waals surface area contributed by atoms with E-state index in [-0.39, 0.29) is 78.9 Å². The molecule has 344 valence electrons. The standard InChI is InChI=1S/C36H40N6O6.C8H14O4.3CH4/c1-5-7-8-9-26-17-28(19-34(36(26)44)42-38-30-13-11-24(4)15-32(30)40-42)48-22-46-20-45-21-47-27-16-25(6-2)35(43)33(18-27)41-37-29-12-10-23(3)14-31(29)39-41;1-7(9)5-11-3-4-12-6-8(2)10;;;/h10-19,43-44H,5-9,20-22H2,1-4H3;3-6H2,1-2H3;3*1H4. The lowest BCUT2D eigenvalue weighted by Gasteiger charge is -2.14. The van der Waals surface area contributed by atoms with Gasteiger partial charge in [-0.25, -0.2) is 0 Å². The highest BCUT2D eigenvalue weighted by molar-refractivity contribution is 5.77. The fourth-order valence-corrected chi connectivity index (χ4v) is 5.96. The maximum Gasteiger partial charge on any atom is 0.191 e. The number of aromatic hydroxyl groups is 2. The summed E-state index contributed by atoms with van der Waals surface area (Å²) in [5.74, 6) is 1.22. The molecule has 0 radical (unpaired) electrons. The molecular formula is C47H66N6O10. The van der Waals surface area contributed by atoms with Crippen LogP contribution in [-0.2, 0) is 41.4 Å². The van der Waals surface area contributed by atoms with Gasteiger partial charge in [-0.3, -0.25) is 9.59 Å². The summed E-state index contributed by atoms with van der Waals surface area (Å²) in [6.07, 6.45) is 4.33. The zero-order valence-corrected chi connectivity index (χ0v) is 35.1. The fraction of sp³-hybridized carbons (Fsp3) is 0.447. The van der Waals surface area contributed by atoms with E-state index in [0.717, 1.165) is 58.0 Å². The number of nitrogens with zero attached hydrogens (tertiary/aromatic N) is 6. The van der Waals surface area contributed by atoms with Crippen LogP contribution in [0.15, 0.2) is 60.7 Å². The van der Waals surface area contributed by atoms with E-state index in [1.165, 1.54) is 23.4 Å². The molecule has 0 aliphatic heterocycles. The quantitative estimate of drug-likeness (QED) is 0.0485. The number of hydrogen-bond acceptors (Lipinski definition) is 14. The second-order valence-electron chi connectivity index (χ2n) is 14.2. The molecule has 16 nitrogen and oxygen atoms in total.